The van der Waals surface area contributed by atoms with Gasteiger partial charge in [0.2, 0.25) is 5.91 Å². The Balaban J connectivity index is 2.71. The number of hydrogen-bond donors (Lipinski definition) is 1. The monoisotopic (exact) mass is 298 g/mol. The van der Waals surface area contributed by atoms with Gasteiger partial charge in [-0.25, -0.2) is 4.98 Å². The third-order valence-electron chi connectivity index (χ3n) is 2.73. The Bertz CT molecular complexity index is 477. The normalized spacial score (nSPS) is 12.8. The predicted octanol–water partition coefficient (Wildman–Crippen LogP) is 2.29. The minimum atomic E-state index is -0.816. The van der Waals surface area contributed by atoms with Gasteiger partial charge in [-0.2, -0.15) is 0 Å². The van der Waals surface area contributed by atoms with Gasteiger partial charge in [-0.3, -0.25) is 9.59 Å². The number of thiazole rings is 1. The van der Waals surface area contributed by atoms with Gasteiger partial charge < -0.3 is 10.1 Å². The Hall–Kier alpha value is -1.43. The number of amides is 1. The van der Waals surface area contributed by atoms with Gasteiger partial charge in [0.1, 0.15) is 10.9 Å². The van der Waals surface area contributed by atoms with Crippen LogP contribution in [0, 0.1) is 18.3 Å². The maximum Gasteiger partial charge on any atom is 0.319 e. The number of nitrogens with one attached hydrogen (secondary N) is 1. The summed E-state index contributed by atoms with van der Waals surface area (Å²) in [5.41, 5.74) is -0.491. The molecule has 0 spiro atoms. The summed E-state index contributed by atoms with van der Waals surface area (Å²) in [6, 6.07) is 0. The van der Waals surface area contributed by atoms with Crippen molar-refractivity contribution in [1.29, 1.82) is 0 Å². The van der Waals surface area contributed by atoms with Crippen LogP contribution < -0.4 is 5.32 Å². The molecule has 1 N–H and O–H groups in total. The van der Waals surface area contributed by atoms with Gasteiger partial charge in [0.05, 0.1) is 13.2 Å². The van der Waals surface area contributed by atoms with Gasteiger partial charge in [-0.1, -0.05) is 20.8 Å². The lowest BCUT2D eigenvalue weighted by atomic mass is 9.80. The molecule has 1 amide bonds. The Morgan fingerprint density at radius 3 is 2.55 bits per heavy atom. The topological polar surface area (TPSA) is 68.3 Å². The first-order valence-corrected chi connectivity index (χ1v) is 7.43. The van der Waals surface area contributed by atoms with Crippen molar-refractivity contribution in [2.24, 2.45) is 11.3 Å². The van der Waals surface area contributed by atoms with E-state index < -0.39 is 17.3 Å². The zero-order valence-electron chi connectivity index (χ0n) is 12.6. The lowest BCUT2D eigenvalue weighted by molar-refractivity contribution is -0.156. The third-order valence-corrected chi connectivity index (χ3v) is 3.65. The van der Waals surface area contributed by atoms with E-state index in [0.717, 1.165) is 9.88 Å². The molecule has 0 aliphatic carbocycles. The van der Waals surface area contributed by atoms with Crippen LogP contribution in [0.1, 0.15) is 37.6 Å². The first kappa shape index (κ1) is 16.6. The van der Waals surface area contributed by atoms with Crippen molar-refractivity contribution in [2.75, 3.05) is 6.61 Å². The highest BCUT2D eigenvalue weighted by atomic mass is 32.1. The minimum absolute atomic E-state index is 0.268. The summed E-state index contributed by atoms with van der Waals surface area (Å²) in [6.45, 7) is 9.84. The Labute approximate surface area is 123 Å². The second kappa shape index (κ2) is 6.83. The fraction of sp³-hybridized carbons (Fsp3) is 0.643. The Morgan fingerprint density at radius 2 is 2.10 bits per heavy atom. The van der Waals surface area contributed by atoms with Crippen LogP contribution in [-0.4, -0.2) is 23.5 Å². The molecule has 0 aliphatic rings. The van der Waals surface area contributed by atoms with Crippen LogP contribution >= 0.6 is 11.3 Å². The average molecular weight is 298 g/mol. The molecule has 0 saturated heterocycles. The Kier molecular flexibility index (Phi) is 5.68. The number of aromatic nitrogens is 1. The predicted molar refractivity (Wildman–Crippen MR) is 78.3 cm³/mol. The van der Waals surface area contributed by atoms with Crippen LogP contribution in [0.3, 0.4) is 0 Å². The highest BCUT2D eigenvalue weighted by molar-refractivity contribution is 7.11. The third kappa shape index (κ3) is 4.59. The number of carbonyl (C=O) groups excluding carboxylic acids is 2. The molecule has 0 saturated carbocycles. The molecule has 0 radical (unpaired) electrons. The molecule has 0 fully saturated rings. The maximum absolute atomic E-state index is 12.3. The smallest absolute Gasteiger partial charge is 0.319 e. The zero-order chi connectivity index (χ0) is 15.3. The number of hydrogen-bond acceptors (Lipinski definition) is 5. The largest absolute Gasteiger partial charge is 0.465 e. The van der Waals surface area contributed by atoms with Gasteiger partial charge in [0, 0.05) is 11.1 Å². The first-order valence-electron chi connectivity index (χ1n) is 6.61. The van der Waals surface area contributed by atoms with Gasteiger partial charge in [-0.15, -0.1) is 11.3 Å². The van der Waals surface area contributed by atoms with E-state index in [9.17, 15) is 9.59 Å². The van der Waals surface area contributed by atoms with E-state index >= 15 is 0 Å². The van der Waals surface area contributed by atoms with E-state index in [1.807, 2.05) is 27.7 Å². The second-order valence-electron chi connectivity index (χ2n) is 5.63. The van der Waals surface area contributed by atoms with Crippen LogP contribution in [0.5, 0.6) is 0 Å². The van der Waals surface area contributed by atoms with E-state index in [1.165, 1.54) is 11.3 Å². The lowest BCUT2D eigenvalue weighted by Gasteiger charge is -2.27. The molecular weight excluding hydrogens is 276 g/mol. The molecule has 0 bridgehead atoms. The molecular formula is C14H22N2O3S. The Morgan fingerprint density at radius 1 is 1.45 bits per heavy atom. The second-order valence-corrected chi connectivity index (χ2v) is 6.95. The van der Waals surface area contributed by atoms with Crippen molar-refractivity contribution in [3.8, 4) is 0 Å². The molecule has 1 atom stereocenters. The van der Waals surface area contributed by atoms with Gasteiger partial charge >= 0.3 is 5.97 Å². The van der Waals surface area contributed by atoms with Gasteiger partial charge in [0.25, 0.3) is 0 Å². The molecule has 1 aromatic rings. The number of aryl methyl sites for hydroxylation is 1. The van der Waals surface area contributed by atoms with Crippen molar-refractivity contribution < 1.29 is 14.3 Å². The summed E-state index contributed by atoms with van der Waals surface area (Å²) in [5, 5.41) is 3.59. The van der Waals surface area contributed by atoms with E-state index in [4.69, 9.17) is 4.74 Å². The molecule has 20 heavy (non-hydrogen) atoms. The molecule has 1 rings (SSSR count). The zero-order valence-corrected chi connectivity index (χ0v) is 13.5. The van der Waals surface area contributed by atoms with Crippen LogP contribution in [0.2, 0.25) is 0 Å². The summed E-state index contributed by atoms with van der Waals surface area (Å²) in [4.78, 5) is 29.5. The SMILES string of the molecule is CCOC(=O)C(C(=O)NCc1ncc(C)s1)C(C)(C)C. The molecule has 1 unspecified atom stereocenters. The fourth-order valence-electron chi connectivity index (χ4n) is 1.83. The number of esters is 1. The van der Waals surface area contributed by atoms with Crippen molar-refractivity contribution in [2.45, 2.75) is 41.2 Å². The molecule has 112 valence electrons. The number of nitrogens with zero attached hydrogens (tertiary/aromatic N) is 1. The van der Waals surface area contributed by atoms with Crippen molar-refractivity contribution in [3.63, 3.8) is 0 Å². The van der Waals surface area contributed by atoms with E-state index in [0.29, 0.717) is 6.54 Å². The first-order chi connectivity index (χ1) is 9.25. The molecule has 1 aromatic heterocycles. The fourth-order valence-corrected chi connectivity index (χ4v) is 2.55. The van der Waals surface area contributed by atoms with Gasteiger partial charge in [0.15, 0.2) is 0 Å². The van der Waals surface area contributed by atoms with Crippen molar-refractivity contribution in [3.05, 3.63) is 16.1 Å². The number of ether oxygens (including phenoxy) is 1. The minimum Gasteiger partial charge on any atom is -0.465 e. The molecule has 0 aromatic carbocycles. The summed E-state index contributed by atoms with van der Waals surface area (Å²) in [7, 11) is 0. The van der Waals surface area contributed by atoms with Crippen LogP contribution in [0.15, 0.2) is 6.20 Å². The molecule has 0 aliphatic heterocycles. The van der Waals surface area contributed by atoms with E-state index in [-0.39, 0.29) is 12.5 Å². The van der Waals surface area contributed by atoms with Gasteiger partial charge in [-0.05, 0) is 19.3 Å². The van der Waals surface area contributed by atoms with Crippen LogP contribution in [0.25, 0.3) is 0 Å². The summed E-state index contributed by atoms with van der Waals surface area (Å²) in [6.07, 6.45) is 1.76. The highest BCUT2D eigenvalue weighted by Crippen LogP contribution is 2.27. The van der Waals surface area contributed by atoms with Crippen molar-refractivity contribution >= 4 is 23.2 Å². The standard InChI is InChI=1S/C14H22N2O3S/c1-6-19-13(18)11(14(3,4)5)12(17)16-8-10-15-7-9(2)20-10/h7,11H,6,8H2,1-5H3,(H,16,17). The summed E-state index contributed by atoms with van der Waals surface area (Å²) < 4.78 is 5.00. The average Bonchev–Trinajstić information content (AvgIpc) is 2.71. The maximum atomic E-state index is 12.3. The number of carbonyl (C=O) groups is 2. The quantitative estimate of drug-likeness (QED) is 0.669. The van der Waals surface area contributed by atoms with Crippen LogP contribution in [-0.2, 0) is 20.9 Å². The highest BCUT2D eigenvalue weighted by Gasteiger charge is 2.38. The molecule has 1 heterocycles. The van der Waals surface area contributed by atoms with E-state index in [2.05, 4.69) is 10.3 Å². The summed E-state index contributed by atoms with van der Waals surface area (Å²) >= 11 is 1.53. The summed E-state index contributed by atoms with van der Waals surface area (Å²) in [5.74, 6) is -1.61. The van der Waals surface area contributed by atoms with Crippen LogP contribution in [0.4, 0.5) is 0 Å². The molecule has 5 nitrogen and oxygen atoms in total. The lowest BCUT2D eigenvalue weighted by Crippen LogP contribution is -2.43. The van der Waals surface area contributed by atoms with Crippen molar-refractivity contribution in [1.82, 2.24) is 10.3 Å². The van der Waals surface area contributed by atoms with E-state index in [1.54, 1.807) is 13.1 Å². The number of rotatable bonds is 5. The molecule has 6 heteroatoms.